The lowest BCUT2D eigenvalue weighted by Crippen LogP contribution is -2.55. The zero-order chi connectivity index (χ0) is 11.1. The minimum Gasteiger partial charge on any atom is -0.321 e. The second-order valence-electron chi connectivity index (χ2n) is 4.42. The second kappa shape index (κ2) is 3.27. The van der Waals surface area contributed by atoms with Crippen LogP contribution in [-0.2, 0) is 12.0 Å². The Hall–Kier alpha value is -0.960. The molecule has 0 saturated heterocycles. The Morgan fingerprint density at radius 2 is 1.73 bits per heavy atom. The molecule has 0 heterocycles. The fourth-order valence-corrected chi connectivity index (χ4v) is 2.15. The van der Waals surface area contributed by atoms with Gasteiger partial charge in [0.1, 0.15) is 0 Å². The molecule has 1 aromatic carbocycles. The van der Waals surface area contributed by atoms with E-state index in [4.69, 9.17) is 5.73 Å². The van der Waals surface area contributed by atoms with Crippen molar-refractivity contribution in [3.63, 3.8) is 0 Å². The number of rotatable bonds is 2. The highest BCUT2D eigenvalue weighted by Gasteiger charge is 2.55. The Kier molecular flexibility index (Phi) is 2.30. The summed E-state index contributed by atoms with van der Waals surface area (Å²) in [5.41, 5.74) is 7.13. The van der Waals surface area contributed by atoms with Crippen LogP contribution in [0.5, 0.6) is 0 Å². The molecule has 2 rings (SSSR count). The van der Waals surface area contributed by atoms with Gasteiger partial charge in [-0.2, -0.15) is 0 Å². The standard InChI is InChI=1S/C12H15F2N/c1-2-9-3-5-10(6-4-9)11(15)7-12(13,14)8-11/h3-6H,2,7-8,15H2,1H3. The van der Waals surface area contributed by atoms with Crippen molar-refractivity contribution in [2.45, 2.75) is 37.6 Å². The molecule has 1 aliphatic rings. The van der Waals surface area contributed by atoms with Gasteiger partial charge in [-0.25, -0.2) is 8.78 Å². The van der Waals surface area contributed by atoms with Gasteiger partial charge < -0.3 is 5.73 Å². The zero-order valence-corrected chi connectivity index (χ0v) is 8.76. The molecule has 0 atom stereocenters. The van der Waals surface area contributed by atoms with E-state index in [0.29, 0.717) is 0 Å². The lowest BCUT2D eigenvalue weighted by Gasteiger charge is -2.44. The van der Waals surface area contributed by atoms with Gasteiger partial charge in [0.25, 0.3) is 5.92 Å². The second-order valence-corrected chi connectivity index (χ2v) is 4.42. The van der Waals surface area contributed by atoms with E-state index in [9.17, 15) is 8.78 Å². The Labute approximate surface area is 88.3 Å². The SMILES string of the molecule is CCc1ccc(C2(N)CC(F)(F)C2)cc1. The molecule has 0 amide bonds. The van der Waals surface area contributed by atoms with Crippen LogP contribution in [0.4, 0.5) is 8.78 Å². The third kappa shape index (κ3) is 1.88. The van der Waals surface area contributed by atoms with E-state index >= 15 is 0 Å². The topological polar surface area (TPSA) is 26.0 Å². The van der Waals surface area contributed by atoms with E-state index in [-0.39, 0.29) is 12.8 Å². The average Bonchev–Trinajstić information content (AvgIpc) is 2.15. The molecule has 15 heavy (non-hydrogen) atoms. The van der Waals surface area contributed by atoms with E-state index in [2.05, 4.69) is 6.92 Å². The lowest BCUT2D eigenvalue weighted by atomic mass is 9.70. The number of halogens is 2. The van der Waals surface area contributed by atoms with Crippen LogP contribution in [0.2, 0.25) is 0 Å². The van der Waals surface area contributed by atoms with Gasteiger partial charge in [-0.15, -0.1) is 0 Å². The number of hydrogen-bond acceptors (Lipinski definition) is 1. The van der Waals surface area contributed by atoms with Gasteiger partial charge in [0.15, 0.2) is 0 Å². The maximum Gasteiger partial charge on any atom is 0.252 e. The van der Waals surface area contributed by atoms with Gasteiger partial charge >= 0.3 is 0 Å². The number of benzene rings is 1. The minimum atomic E-state index is -2.57. The summed E-state index contributed by atoms with van der Waals surface area (Å²) >= 11 is 0. The summed E-state index contributed by atoms with van der Waals surface area (Å²) in [6, 6.07) is 7.66. The molecule has 0 spiro atoms. The quantitative estimate of drug-likeness (QED) is 0.799. The predicted molar refractivity (Wildman–Crippen MR) is 55.9 cm³/mol. The summed E-state index contributed by atoms with van der Waals surface area (Å²) in [7, 11) is 0. The van der Waals surface area contributed by atoms with E-state index in [1.165, 1.54) is 5.56 Å². The van der Waals surface area contributed by atoms with Crippen molar-refractivity contribution in [2.75, 3.05) is 0 Å². The summed E-state index contributed by atoms with van der Waals surface area (Å²) in [6.07, 6.45) is 0.491. The lowest BCUT2D eigenvalue weighted by molar-refractivity contribution is -0.125. The van der Waals surface area contributed by atoms with Gasteiger partial charge in [0.2, 0.25) is 0 Å². The average molecular weight is 211 g/mol. The molecular formula is C12H15F2N. The Morgan fingerprint density at radius 3 is 2.13 bits per heavy atom. The molecule has 1 nitrogen and oxygen atoms in total. The van der Waals surface area contributed by atoms with Crippen molar-refractivity contribution in [3.05, 3.63) is 35.4 Å². The van der Waals surface area contributed by atoms with Gasteiger partial charge in [-0.1, -0.05) is 31.2 Å². The van der Waals surface area contributed by atoms with E-state index in [0.717, 1.165) is 12.0 Å². The van der Waals surface area contributed by atoms with Gasteiger partial charge in [-0.3, -0.25) is 0 Å². The first-order valence-electron chi connectivity index (χ1n) is 5.21. The number of aryl methyl sites for hydroxylation is 1. The summed E-state index contributed by atoms with van der Waals surface area (Å²) in [6.45, 7) is 2.06. The third-order valence-corrected chi connectivity index (χ3v) is 3.09. The molecule has 0 bridgehead atoms. The van der Waals surface area contributed by atoms with Crippen LogP contribution in [-0.4, -0.2) is 5.92 Å². The normalized spacial score (nSPS) is 22.1. The van der Waals surface area contributed by atoms with Crippen LogP contribution in [0.3, 0.4) is 0 Å². The van der Waals surface area contributed by atoms with Crippen LogP contribution in [0, 0.1) is 0 Å². The highest BCUT2D eigenvalue weighted by molar-refractivity contribution is 5.31. The number of hydrogen-bond donors (Lipinski definition) is 1. The van der Waals surface area contributed by atoms with Gasteiger partial charge in [-0.05, 0) is 17.5 Å². The molecule has 0 aromatic heterocycles. The molecule has 2 N–H and O–H groups in total. The summed E-state index contributed by atoms with van der Waals surface area (Å²) < 4.78 is 25.6. The Bertz CT molecular complexity index is 348. The van der Waals surface area contributed by atoms with Crippen molar-refractivity contribution < 1.29 is 8.78 Å². The largest absolute Gasteiger partial charge is 0.321 e. The van der Waals surface area contributed by atoms with Crippen molar-refractivity contribution >= 4 is 0 Å². The Balaban J connectivity index is 2.17. The van der Waals surface area contributed by atoms with Crippen molar-refractivity contribution in [1.82, 2.24) is 0 Å². The van der Waals surface area contributed by atoms with E-state index in [1.807, 2.05) is 24.3 Å². The van der Waals surface area contributed by atoms with Crippen LogP contribution < -0.4 is 5.73 Å². The van der Waals surface area contributed by atoms with Crippen LogP contribution in [0.25, 0.3) is 0 Å². The van der Waals surface area contributed by atoms with Crippen LogP contribution in [0.15, 0.2) is 24.3 Å². The fraction of sp³-hybridized carbons (Fsp3) is 0.500. The number of nitrogens with two attached hydrogens (primary N) is 1. The Morgan fingerprint density at radius 1 is 1.20 bits per heavy atom. The smallest absolute Gasteiger partial charge is 0.252 e. The molecule has 82 valence electrons. The molecule has 1 aromatic rings. The first-order valence-corrected chi connectivity index (χ1v) is 5.21. The highest BCUT2D eigenvalue weighted by Crippen LogP contribution is 2.49. The fourth-order valence-electron chi connectivity index (χ4n) is 2.15. The molecule has 0 aliphatic heterocycles. The van der Waals surface area contributed by atoms with Gasteiger partial charge in [0.05, 0.1) is 5.54 Å². The minimum absolute atomic E-state index is 0.231. The van der Waals surface area contributed by atoms with Crippen molar-refractivity contribution in [3.8, 4) is 0 Å². The maximum absolute atomic E-state index is 12.8. The molecule has 0 unspecified atom stereocenters. The third-order valence-electron chi connectivity index (χ3n) is 3.09. The maximum atomic E-state index is 12.8. The first-order chi connectivity index (χ1) is 6.95. The highest BCUT2D eigenvalue weighted by atomic mass is 19.3. The van der Waals surface area contributed by atoms with Crippen LogP contribution in [0.1, 0.15) is 30.9 Å². The summed E-state index contributed by atoms with van der Waals surface area (Å²) in [4.78, 5) is 0. The van der Waals surface area contributed by atoms with Crippen molar-refractivity contribution in [2.24, 2.45) is 5.73 Å². The van der Waals surface area contributed by atoms with E-state index < -0.39 is 11.5 Å². The first kappa shape index (κ1) is 10.6. The molecule has 0 radical (unpaired) electrons. The summed E-state index contributed by atoms with van der Waals surface area (Å²) in [5, 5.41) is 0. The van der Waals surface area contributed by atoms with Gasteiger partial charge in [0, 0.05) is 12.8 Å². The van der Waals surface area contributed by atoms with Crippen molar-refractivity contribution in [1.29, 1.82) is 0 Å². The monoisotopic (exact) mass is 211 g/mol. The summed E-state index contributed by atoms with van der Waals surface area (Å²) in [5.74, 6) is -2.57. The predicted octanol–water partition coefficient (Wildman–Crippen LogP) is 2.83. The number of alkyl halides is 2. The van der Waals surface area contributed by atoms with Crippen LogP contribution >= 0.6 is 0 Å². The molecular weight excluding hydrogens is 196 g/mol. The zero-order valence-electron chi connectivity index (χ0n) is 8.76. The molecule has 1 saturated carbocycles. The molecule has 1 aliphatic carbocycles. The molecule has 3 heteroatoms. The molecule has 1 fully saturated rings. The van der Waals surface area contributed by atoms with E-state index in [1.54, 1.807) is 0 Å².